The Labute approximate surface area is 288 Å². The van der Waals surface area contributed by atoms with Crippen LogP contribution in [-0.4, -0.2) is 90.0 Å². The molecule has 11 nitrogen and oxygen atoms in total. The van der Waals surface area contributed by atoms with Crippen LogP contribution in [0.3, 0.4) is 0 Å². The van der Waals surface area contributed by atoms with Crippen molar-refractivity contribution in [1.82, 2.24) is 19.4 Å². The van der Waals surface area contributed by atoms with Crippen molar-refractivity contribution in [2.45, 2.75) is 37.8 Å². The summed E-state index contributed by atoms with van der Waals surface area (Å²) in [7, 11) is 5.68. The Hall–Kier alpha value is -4.06. The Balaban J connectivity index is 1.26. The molecule has 2 aliphatic heterocycles. The number of likely N-dealkylation sites (N-methyl/N-ethyl adjacent to an activating group) is 1. The third-order valence-corrected chi connectivity index (χ3v) is 10.8. The van der Waals surface area contributed by atoms with Gasteiger partial charge in [-0.25, -0.2) is 9.78 Å². The number of rotatable bonds is 10. The van der Waals surface area contributed by atoms with Gasteiger partial charge in [0.05, 0.1) is 41.3 Å². The first-order valence-electron chi connectivity index (χ1n) is 16.2. The average Bonchev–Trinajstić information content (AvgIpc) is 3.42. The van der Waals surface area contributed by atoms with E-state index in [4.69, 9.17) is 37.7 Å². The molecule has 0 spiro atoms. The van der Waals surface area contributed by atoms with Gasteiger partial charge in [0.15, 0.2) is 0 Å². The van der Waals surface area contributed by atoms with Crippen LogP contribution >= 0.6 is 23.2 Å². The zero-order valence-corrected chi connectivity index (χ0v) is 28.6. The standard InChI is InChI=1S/C35H38Cl2N6O5/c1-40(2)24-16-41(17-24)31-9-7-22(14-38-31)43-18-26(35(45)46)33(44)25-12-28(37)30(13-29(25)43)42-15-21(20-5-4-6-20)11-23(42)19-48-34-27(36)8-10-32(39-34)47-3/h7-10,12-14,18,20-21,23-24H,4-6,11,15-17,19H2,1-3H3,(H,45,46)/t21?,23-/m1/s1. The van der Waals surface area contributed by atoms with Gasteiger partial charge < -0.3 is 33.8 Å². The molecule has 1 N–H and O–H groups in total. The highest BCUT2D eigenvalue weighted by atomic mass is 35.5. The minimum Gasteiger partial charge on any atom is -0.481 e. The van der Waals surface area contributed by atoms with Crippen molar-refractivity contribution in [3.8, 4) is 17.4 Å². The van der Waals surface area contributed by atoms with Crippen LogP contribution in [0.1, 0.15) is 36.0 Å². The lowest BCUT2D eigenvalue weighted by Crippen LogP contribution is -2.57. The maximum absolute atomic E-state index is 13.5. The summed E-state index contributed by atoms with van der Waals surface area (Å²) in [4.78, 5) is 41.4. The molecule has 0 bridgehead atoms. The molecule has 48 heavy (non-hydrogen) atoms. The summed E-state index contributed by atoms with van der Waals surface area (Å²) >= 11 is 13.4. The normalized spacial score (nSPS) is 19.9. The van der Waals surface area contributed by atoms with Gasteiger partial charge in [-0.1, -0.05) is 42.5 Å². The first-order chi connectivity index (χ1) is 23.1. The lowest BCUT2D eigenvalue weighted by Gasteiger charge is -2.43. The molecule has 3 aromatic heterocycles. The van der Waals surface area contributed by atoms with E-state index < -0.39 is 11.4 Å². The predicted octanol–water partition coefficient (Wildman–Crippen LogP) is 5.62. The van der Waals surface area contributed by atoms with Crippen LogP contribution < -0.4 is 24.7 Å². The number of benzene rings is 1. The number of carbonyl (C=O) groups is 1. The number of halogens is 2. The quantitative estimate of drug-likeness (QED) is 0.225. The van der Waals surface area contributed by atoms with E-state index in [0.29, 0.717) is 57.5 Å². The molecule has 2 saturated heterocycles. The van der Waals surface area contributed by atoms with E-state index in [1.165, 1.54) is 25.5 Å². The fraction of sp³-hybridized carbons (Fsp3) is 0.429. The lowest BCUT2D eigenvalue weighted by molar-refractivity contribution is 0.0695. The van der Waals surface area contributed by atoms with E-state index >= 15 is 0 Å². The summed E-state index contributed by atoms with van der Waals surface area (Å²) in [5.41, 5.74) is 0.999. The molecule has 1 aromatic carbocycles. The highest BCUT2D eigenvalue weighted by molar-refractivity contribution is 6.34. The van der Waals surface area contributed by atoms with Crippen molar-refractivity contribution >= 4 is 51.6 Å². The molecule has 1 unspecified atom stereocenters. The Morgan fingerprint density at radius 2 is 1.85 bits per heavy atom. The number of fused-ring (bicyclic) bond motifs is 1. The van der Waals surface area contributed by atoms with Crippen LogP contribution in [0.25, 0.3) is 16.6 Å². The monoisotopic (exact) mass is 692 g/mol. The molecule has 2 atom stereocenters. The van der Waals surface area contributed by atoms with E-state index in [-0.39, 0.29) is 17.0 Å². The number of nitrogens with zero attached hydrogens (tertiary/aromatic N) is 6. The lowest BCUT2D eigenvalue weighted by atomic mass is 9.75. The van der Waals surface area contributed by atoms with Crippen LogP contribution in [0.5, 0.6) is 11.8 Å². The second kappa shape index (κ2) is 13.1. The zero-order chi connectivity index (χ0) is 33.7. The van der Waals surface area contributed by atoms with Crippen molar-refractivity contribution in [2.75, 3.05) is 57.2 Å². The van der Waals surface area contributed by atoms with Gasteiger partial charge in [0.2, 0.25) is 17.2 Å². The number of pyridine rings is 3. The first kappa shape index (κ1) is 32.5. The fourth-order valence-corrected chi connectivity index (χ4v) is 7.48. The van der Waals surface area contributed by atoms with E-state index in [2.05, 4.69) is 33.8 Å². The molecular formula is C35H38Cl2N6O5. The van der Waals surface area contributed by atoms with Crippen LogP contribution in [0.4, 0.5) is 11.5 Å². The van der Waals surface area contributed by atoms with Crippen LogP contribution in [0.2, 0.25) is 10.0 Å². The summed E-state index contributed by atoms with van der Waals surface area (Å²) in [6.45, 7) is 2.86. The third kappa shape index (κ3) is 6.03. The molecule has 0 radical (unpaired) electrons. The van der Waals surface area contributed by atoms with Crippen molar-refractivity contribution in [2.24, 2.45) is 11.8 Å². The highest BCUT2D eigenvalue weighted by Gasteiger charge is 2.40. The molecule has 1 aliphatic carbocycles. The topological polar surface area (TPSA) is 113 Å². The van der Waals surface area contributed by atoms with E-state index in [1.54, 1.807) is 36.1 Å². The second-order valence-corrected chi connectivity index (χ2v) is 14.0. The molecule has 13 heteroatoms. The van der Waals surface area contributed by atoms with Crippen molar-refractivity contribution in [3.05, 3.63) is 74.6 Å². The van der Waals surface area contributed by atoms with Gasteiger partial charge in [0.25, 0.3) is 0 Å². The predicted molar refractivity (Wildman–Crippen MR) is 187 cm³/mol. The van der Waals surface area contributed by atoms with E-state index in [1.807, 2.05) is 18.2 Å². The first-order valence-corrected chi connectivity index (χ1v) is 17.0. The van der Waals surface area contributed by atoms with Crippen LogP contribution in [-0.2, 0) is 0 Å². The summed E-state index contributed by atoms with van der Waals surface area (Å²) < 4.78 is 13.2. The summed E-state index contributed by atoms with van der Waals surface area (Å²) in [5.74, 6) is 1.34. The van der Waals surface area contributed by atoms with Gasteiger partial charge in [0, 0.05) is 43.3 Å². The SMILES string of the molecule is COc1ccc(Cl)c(OC[C@H]2CC(C3CCC3)CN2c2cc3c(cc2Cl)c(=O)c(C(=O)O)cn3-c2ccc(N3CC(N(C)C)C3)nc2)n1. The summed E-state index contributed by atoms with van der Waals surface area (Å²) in [6.07, 6.45) is 7.64. The number of aromatic carboxylic acids is 1. The smallest absolute Gasteiger partial charge is 0.341 e. The van der Waals surface area contributed by atoms with E-state index in [9.17, 15) is 14.7 Å². The van der Waals surface area contributed by atoms with Gasteiger partial charge >= 0.3 is 5.97 Å². The van der Waals surface area contributed by atoms with Crippen molar-refractivity contribution in [1.29, 1.82) is 0 Å². The van der Waals surface area contributed by atoms with Crippen LogP contribution in [0, 0.1) is 11.8 Å². The maximum Gasteiger partial charge on any atom is 0.341 e. The Bertz CT molecular complexity index is 1910. The number of carboxylic acid groups (broad SMARTS) is 1. The summed E-state index contributed by atoms with van der Waals surface area (Å²) in [5, 5.41) is 10.9. The van der Waals surface area contributed by atoms with Crippen molar-refractivity contribution < 1.29 is 19.4 Å². The van der Waals surface area contributed by atoms with Gasteiger partial charge in [-0.2, -0.15) is 4.98 Å². The van der Waals surface area contributed by atoms with Gasteiger partial charge in [-0.3, -0.25) is 4.79 Å². The number of hydrogen-bond donors (Lipinski definition) is 1. The highest BCUT2D eigenvalue weighted by Crippen LogP contribution is 2.44. The number of aromatic nitrogens is 3. The molecule has 0 amide bonds. The Morgan fingerprint density at radius 3 is 2.50 bits per heavy atom. The minimum atomic E-state index is -1.30. The van der Waals surface area contributed by atoms with E-state index in [0.717, 1.165) is 37.6 Å². The number of hydrogen-bond acceptors (Lipinski definition) is 9. The maximum atomic E-state index is 13.5. The molecule has 252 valence electrons. The zero-order valence-electron chi connectivity index (χ0n) is 27.1. The minimum absolute atomic E-state index is 0.0449. The Kier molecular flexibility index (Phi) is 8.86. The van der Waals surface area contributed by atoms with Gasteiger partial charge in [-0.05, 0) is 62.7 Å². The van der Waals surface area contributed by atoms with Crippen LogP contribution in [0.15, 0.2) is 53.6 Å². The number of methoxy groups -OCH3 is 1. The number of carboxylic acids is 1. The number of anilines is 2. The van der Waals surface area contributed by atoms with Gasteiger partial charge in [-0.15, -0.1) is 0 Å². The second-order valence-electron chi connectivity index (χ2n) is 13.2. The van der Waals surface area contributed by atoms with Crippen molar-refractivity contribution in [3.63, 3.8) is 0 Å². The largest absolute Gasteiger partial charge is 0.481 e. The Morgan fingerprint density at radius 1 is 1.06 bits per heavy atom. The number of ether oxygens (including phenoxy) is 2. The molecule has 3 fully saturated rings. The molecule has 3 aliphatic rings. The fourth-order valence-electron chi connectivity index (χ4n) is 7.05. The molecular weight excluding hydrogens is 655 g/mol. The third-order valence-electron chi connectivity index (χ3n) is 10.2. The molecule has 5 heterocycles. The molecule has 1 saturated carbocycles. The summed E-state index contributed by atoms with van der Waals surface area (Å²) in [6, 6.07) is 11.1. The molecule has 4 aromatic rings. The average molecular weight is 694 g/mol. The van der Waals surface area contributed by atoms with Gasteiger partial charge in [0.1, 0.15) is 23.0 Å². The molecule has 7 rings (SSSR count).